The number of hydrogen-bond donors (Lipinski definition) is 0. The second-order valence-corrected chi connectivity index (χ2v) is 5.05. The second-order valence-electron chi connectivity index (χ2n) is 5.05. The van der Waals surface area contributed by atoms with E-state index in [-0.39, 0.29) is 11.5 Å². The summed E-state index contributed by atoms with van der Waals surface area (Å²) >= 11 is 0. The van der Waals surface area contributed by atoms with Crippen LogP contribution in [0, 0.1) is 5.92 Å². The number of carbonyl (C=O) groups is 1. The summed E-state index contributed by atoms with van der Waals surface area (Å²) in [5.41, 5.74) is -0.286. The number of ether oxygens (including phenoxy) is 1. The Morgan fingerprint density at radius 3 is 2.18 bits per heavy atom. The van der Waals surface area contributed by atoms with Gasteiger partial charge in [-0.3, -0.25) is 9.69 Å². The van der Waals surface area contributed by atoms with E-state index in [1.54, 1.807) is 0 Å². The van der Waals surface area contributed by atoms with Crippen molar-refractivity contribution in [3.8, 4) is 0 Å². The highest BCUT2D eigenvalue weighted by Gasteiger charge is 2.40. The molecule has 0 bridgehead atoms. The van der Waals surface area contributed by atoms with Crippen molar-refractivity contribution in [2.75, 3.05) is 26.3 Å². The molecule has 1 fully saturated rings. The van der Waals surface area contributed by atoms with Crippen LogP contribution in [0.15, 0.2) is 0 Å². The summed E-state index contributed by atoms with van der Waals surface area (Å²) in [7, 11) is 0. The molecule has 1 heterocycles. The Bertz CT molecular complexity index is 245. The quantitative estimate of drug-likeness (QED) is 0.715. The van der Waals surface area contributed by atoms with E-state index in [2.05, 4.69) is 32.6 Å². The first kappa shape index (κ1) is 14.7. The average molecular weight is 241 g/mol. The zero-order valence-electron chi connectivity index (χ0n) is 11.8. The first-order valence-corrected chi connectivity index (χ1v) is 6.97. The Balaban J connectivity index is 2.79. The number of Topliss-reactive ketones (excluding diaryl/α,β-unsaturated/α-hetero) is 1. The number of rotatable bonds is 6. The van der Waals surface area contributed by atoms with Gasteiger partial charge in [-0.15, -0.1) is 0 Å². The fourth-order valence-corrected chi connectivity index (χ4v) is 2.87. The van der Waals surface area contributed by atoms with Gasteiger partial charge in [0.15, 0.2) is 5.78 Å². The first-order valence-electron chi connectivity index (χ1n) is 6.97. The molecule has 1 aliphatic rings. The molecule has 1 rings (SSSR count). The summed E-state index contributed by atoms with van der Waals surface area (Å²) in [6, 6.07) is 0. The van der Waals surface area contributed by atoms with Crippen molar-refractivity contribution < 1.29 is 9.53 Å². The second kappa shape index (κ2) is 6.50. The van der Waals surface area contributed by atoms with Crippen LogP contribution in [0.25, 0.3) is 0 Å². The smallest absolute Gasteiger partial charge is 0.156 e. The molecule has 1 unspecified atom stereocenters. The van der Waals surface area contributed by atoms with Crippen LogP contribution in [0.1, 0.15) is 47.0 Å². The van der Waals surface area contributed by atoms with Gasteiger partial charge >= 0.3 is 0 Å². The molecule has 0 saturated carbocycles. The molecule has 100 valence electrons. The molecular formula is C14H27NO2. The molecule has 3 heteroatoms. The SMILES string of the molecule is CCN(CC)C(C)(CC)C(=O)C1CCOCC1. The number of hydrogen-bond acceptors (Lipinski definition) is 3. The van der Waals surface area contributed by atoms with E-state index in [9.17, 15) is 4.79 Å². The van der Waals surface area contributed by atoms with Crippen LogP contribution in [0.3, 0.4) is 0 Å². The van der Waals surface area contributed by atoms with Gasteiger partial charge in [-0.25, -0.2) is 0 Å². The van der Waals surface area contributed by atoms with Gasteiger partial charge in [-0.2, -0.15) is 0 Å². The maximum atomic E-state index is 12.7. The van der Waals surface area contributed by atoms with E-state index >= 15 is 0 Å². The minimum absolute atomic E-state index is 0.203. The molecule has 1 aliphatic heterocycles. The molecule has 0 amide bonds. The van der Waals surface area contributed by atoms with E-state index in [0.717, 1.165) is 45.6 Å². The summed E-state index contributed by atoms with van der Waals surface area (Å²) in [6.07, 6.45) is 2.69. The van der Waals surface area contributed by atoms with E-state index in [0.29, 0.717) is 5.78 Å². The van der Waals surface area contributed by atoms with Crippen LogP contribution in [-0.4, -0.2) is 42.5 Å². The summed E-state index contributed by atoms with van der Waals surface area (Å²) < 4.78 is 5.34. The van der Waals surface area contributed by atoms with Crippen molar-refractivity contribution in [2.24, 2.45) is 5.92 Å². The number of nitrogens with zero attached hydrogens (tertiary/aromatic N) is 1. The van der Waals surface area contributed by atoms with Crippen LogP contribution in [0.4, 0.5) is 0 Å². The average Bonchev–Trinajstić information content (AvgIpc) is 2.39. The van der Waals surface area contributed by atoms with Crippen LogP contribution < -0.4 is 0 Å². The summed E-state index contributed by atoms with van der Waals surface area (Å²) in [6.45, 7) is 11.9. The van der Waals surface area contributed by atoms with Gasteiger partial charge < -0.3 is 4.74 Å². The predicted octanol–water partition coefficient (Wildman–Crippen LogP) is 2.49. The lowest BCUT2D eigenvalue weighted by Gasteiger charge is -2.41. The Morgan fingerprint density at radius 1 is 1.24 bits per heavy atom. The minimum Gasteiger partial charge on any atom is -0.381 e. The standard InChI is InChI=1S/C14H27NO2/c1-5-14(4,15(6-2)7-3)13(16)12-8-10-17-11-9-12/h12H,5-11H2,1-4H3. The monoisotopic (exact) mass is 241 g/mol. The molecule has 0 aliphatic carbocycles. The van der Waals surface area contributed by atoms with Crippen molar-refractivity contribution in [1.82, 2.24) is 4.90 Å². The molecule has 1 saturated heterocycles. The zero-order chi connectivity index (χ0) is 12.9. The lowest BCUT2D eigenvalue weighted by atomic mass is 9.80. The van der Waals surface area contributed by atoms with Gasteiger partial charge in [-0.05, 0) is 39.3 Å². The van der Waals surface area contributed by atoms with E-state index in [1.807, 2.05) is 0 Å². The molecule has 17 heavy (non-hydrogen) atoms. The van der Waals surface area contributed by atoms with E-state index < -0.39 is 0 Å². The summed E-state index contributed by atoms with van der Waals surface area (Å²) in [5, 5.41) is 0. The molecule has 0 aromatic rings. The van der Waals surface area contributed by atoms with Gasteiger partial charge in [0.1, 0.15) is 0 Å². The van der Waals surface area contributed by atoms with Gasteiger partial charge in [0.05, 0.1) is 5.54 Å². The van der Waals surface area contributed by atoms with Crippen molar-refractivity contribution in [3.63, 3.8) is 0 Å². The third-order valence-electron chi connectivity index (χ3n) is 4.27. The molecular weight excluding hydrogens is 214 g/mol. The van der Waals surface area contributed by atoms with Crippen molar-refractivity contribution in [1.29, 1.82) is 0 Å². The number of likely N-dealkylation sites (N-methyl/N-ethyl adjacent to an activating group) is 1. The van der Waals surface area contributed by atoms with Crippen molar-refractivity contribution in [3.05, 3.63) is 0 Å². The Hall–Kier alpha value is -0.410. The van der Waals surface area contributed by atoms with Crippen molar-refractivity contribution in [2.45, 2.75) is 52.5 Å². The molecule has 0 N–H and O–H groups in total. The van der Waals surface area contributed by atoms with Gasteiger partial charge in [0, 0.05) is 19.1 Å². The van der Waals surface area contributed by atoms with Crippen LogP contribution in [0.2, 0.25) is 0 Å². The summed E-state index contributed by atoms with van der Waals surface area (Å²) in [5.74, 6) is 0.626. The highest BCUT2D eigenvalue weighted by molar-refractivity contribution is 5.90. The fraction of sp³-hybridized carbons (Fsp3) is 0.929. The lowest BCUT2D eigenvalue weighted by Crippen LogP contribution is -2.54. The van der Waals surface area contributed by atoms with E-state index in [1.165, 1.54) is 0 Å². The maximum Gasteiger partial charge on any atom is 0.156 e. The highest BCUT2D eigenvalue weighted by atomic mass is 16.5. The highest BCUT2D eigenvalue weighted by Crippen LogP contribution is 2.28. The fourth-order valence-electron chi connectivity index (χ4n) is 2.87. The Morgan fingerprint density at radius 2 is 1.76 bits per heavy atom. The number of carbonyl (C=O) groups excluding carboxylic acids is 1. The topological polar surface area (TPSA) is 29.5 Å². The molecule has 3 nitrogen and oxygen atoms in total. The Labute approximate surface area is 106 Å². The molecule has 1 atom stereocenters. The molecule has 0 radical (unpaired) electrons. The summed E-state index contributed by atoms with van der Waals surface area (Å²) in [4.78, 5) is 15.0. The number of ketones is 1. The molecule has 0 aromatic heterocycles. The third kappa shape index (κ3) is 3.08. The predicted molar refractivity (Wildman–Crippen MR) is 70.2 cm³/mol. The normalized spacial score (nSPS) is 21.5. The van der Waals surface area contributed by atoms with Gasteiger partial charge in [-0.1, -0.05) is 20.8 Å². The Kier molecular flexibility index (Phi) is 5.60. The lowest BCUT2D eigenvalue weighted by molar-refractivity contribution is -0.137. The molecule has 0 aromatic carbocycles. The van der Waals surface area contributed by atoms with Crippen LogP contribution >= 0.6 is 0 Å². The zero-order valence-corrected chi connectivity index (χ0v) is 11.8. The first-order chi connectivity index (χ1) is 8.10. The molecule has 0 spiro atoms. The van der Waals surface area contributed by atoms with Gasteiger partial charge in [0.25, 0.3) is 0 Å². The van der Waals surface area contributed by atoms with Crippen LogP contribution in [0.5, 0.6) is 0 Å². The van der Waals surface area contributed by atoms with Crippen LogP contribution in [-0.2, 0) is 9.53 Å². The maximum absolute atomic E-state index is 12.7. The van der Waals surface area contributed by atoms with Crippen molar-refractivity contribution >= 4 is 5.78 Å². The third-order valence-corrected chi connectivity index (χ3v) is 4.27. The minimum atomic E-state index is -0.286. The van der Waals surface area contributed by atoms with E-state index in [4.69, 9.17) is 4.74 Å². The largest absolute Gasteiger partial charge is 0.381 e. The van der Waals surface area contributed by atoms with Gasteiger partial charge in [0.2, 0.25) is 0 Å².